The molecule has 0 amide bonds. The monoisotopic (exact) mass is 407 g/mol. The first-order valence-corrected chi connectivity index (χ1v) is 9.67. The third-order valence-electron chi connectivity index (χ3n) is 4.74. The molecular formula is C24H17N5O2. The third kappa shape index (κ3) is 4.09. The van der Waals surface area contributed by atoms with Gasteiger partial charge in [-0.05, 0) is 23.6 Å². The van der Waals surface area contributed by atoms with Crippen LogP contribution in [-0.2, 0) is 6.61 Å². The molecule has 5 aromatic rings. The lowest BCUT2D eigenvalue weighted by molar-refractivity contribution is 0.290. The van der Waals surface area contributed by atoms with Crippen LogP contribution in [0.3, 0.4) is 0 Å². The van der Waals surface area contributed by atoms with Crippen LogP contribution in [0.1, 0.15) is 11.4 Å². The van der Waals surface area contributed by atoms with Gasteiger partial charge >= 0.3 is 0 Å². The van der Waals surface area contributed by atoms with E-state index < -0.39 is 0 Å². The Labute approximate surface area is 177 Å². The van der Waals surface area contributed by atoms with E-state index in [-0.39, 0.29) is 12.3 Å². The van der Waals surface area contributed by atoms with Gasteiger partial charge in [-0.15, -0.1) is 0 Å². The van der Waals surface area contributed by atoms with Crippen molar-refractivity contribution >= 4 is 22.4 Å². The lowest BCUT2D eigenvalue weighted by atomic mass is 10.2. The number of fused-ring (bicyclic) bond motifs is 1. The first kappa shape index (κ1) is 18.5. The SMILES string of the molecule is N#Cc1cc(OCc2cc(-c3ccccc3)on2)cc(Nc2ccc3cc[nH]c3c2)n1. The van der Waals surface area contributed by atoms with Crippen LogP contribution in [-0.4, -0.2) is 15.1 Å². The molecule has 2 aromatic carbocycles. The predicted molar refractivity (Wildman–Crippen MR) is 117 cm³/mol. The van der Waals surface area contributed by atoms with E-state index in [4.69, 9.17) is 9.26 Å². The van der Waals surface area contributed by atoms with Crippen LogP contribution in [0.2, 0.25) is 0 Å². The maximum atomic E-state index is 9.35. The Morgan fingerprint density at radius 3 is 2.81 bits per heavy atom. The summed E-state index contributed by atoms with van der Waals surface area (Å²) in [5, 5.41) is 17.8. The fourth-order valence-corrected chi connectivity index (χ4v) is 3.26. The molecule has 0 saturated heterocycles. The van der Waals surface area contributed by atoms with E-state index in [1.165, 1.54) is 0 Å². The summed E-state index contributed by atoms with van der Waals surface area (Å²) in [7, 11) is 0. The Kier molecular flexibility index (Phi) is 4.79. The molecule has 0 atom stereocenters. The number of pyridine rings is 1. The van der Waals surface area contributed by atoms with Gasteiger partial charge in [0.05, 0.1) is 0 Å². The van der Waals surface area contributed by atoms with Gasteiger partial charge in [-0.2, -0.15) is 5.26 Å². The number of hydrogen-bond donors (Lipinski definition) is 2. The fourth-order valence-electron chi connectivity index (χ4n) is 3.26. The maximum absolute atomic E-state index is 9.35. The second kappa shape index (κ2) is 8.05. The van der Waals surface area contributed by atoms with Crippen LogP contribution in [0.4, 0.5) is 11.5 Å². The van der Waals surface area contributed by atoms with E-state index in [1.54, 1.807) is 12.1 Å². The summed E-state index contributed by atoms with van der Waals surface area (Å²) >= 11 is 0. The number of hydrogen-bond acceptors (Lipinski definition) is 6. The fraction of sp³-hybridized carbons (Fsp3) is 0.0417. The number of nitriles is 1. The Morgan fingerprint density at radius 2 is 1.94 bits per heavy atom. The second-order valence-electron chi connectivity index (χ2n) is 6.93. The summed E-state index contributed by atoms with van der Waals surface area (Å²) in [5.41, 5.74) is 3.72. The van der Waals surface area contributed by atoms with Crippen molar-refractivity contribution in [2.24, 2.45) is 0 Å². The lowest BCUT2D eigenvalue weighted by Gasteiger charge is -2.09. The van der Waals surface area contributed by atoms with Crippen molar-refractivity contribution < 1.29 is 9.26 Å². The van der Waals surface area contributed by atoms with Gasteiger partial charge in [-0.3, -0.25) is 0 Å². The number of H-pyrrole nitrogens is 1. The van der Waals surface area contributed by atoms with E-state index >= 15 is 0 Å². The van der Waals surface area contributed by atoms with Crippen LogP contribution in [0, 0.1) is 11.3 Å². The van der Waals surface area contributed by atoms with Crippen molar-refractivity contribution in [2.75, 3.05) is 5.32 Å². The smallest absolute Gasteiger partial charge is 0.167 e. The number of aromatic amines is 1. The Bertz CT molecular complexity index is 1380. The molecule has 0 aliphatic carbocycles. The summed E-state index contributed by atoms with van der Waals surface area (Å²) in [4.78, 5) is 7.50. The first-order valence-electron chi connectivity index (χ1n) is 9.67. The molecule has 150 valence electrons. The zero-order valence-corrected chi connectivity index (χ0v) is 16.4. The van der Waals surface area contributed by atoms with Crippen molar-refractivity contribution in [3.05, 3.63) is 90.4 Å². The Balaban J connectivity index is 1.32. The van der Waals surface area contributed by atoms with E-state index in [9.17, 15) is 5.26 Å². The largest absolute Gasteiger partial charge is 0.487 e. The van der Waals surface area contributed by atoms with Crippen molar-refractivity contribution in [1.82, 2.24) is 15.1 Å². The standard InChI is InChI=1S/C24H17N5O2/c25-14-19-10-21(30-15-20-12-23(31-29-20)17-4-2-1-3-5-17)13-24(28-19)27-18-7-6-16-8-9-26-22(16)11-18/h1-13,26H,15H2,(H,27,28). The highest BCUT2D eigenvalue weighted by Crippen LogP contribution is 2.25. The maximum Gasteiger partial charge on any atom is 0.167 e. The minimum absolute atomic E-state index is 0.207. The number of anilines is 2. The molecule has 3 aromatic heterocycles. The average molecular weight is 407 g/mol. The topological polar surface area (TPSA) is 99.8 Å². The quantitative estimate of drug-likeness (QED) is 0.390. The second-order valence-corrected chi connectivity index (χ2v) is 6.93. The highest BCUT2D eigenvalue weighted by Gasteiger charge is 2.09. The molecule has 7 nitrogen and oxygen atoms in total. The van der Waals surface area contributed by atoms with Gasteiger partial charge in [0.2, 0.25) is 0 Å². The molecular weight excluding hydrogens is 390 g/mol. The molecule has 31 heavy (non-hydrogen) atoms. The minimum Gasteiger partial charge on any atom is -0.487 e. The molecule has 0 fully saturated rings. The number of nitrogens with one attached hydrogen (secondary N) is 2. The molecule has 0 unspecified atom stereocenters. The summed E-state index contributed by atoms with van der Waals surface area (Å²) < 4.78 is 11.3. The summed E-state index contributed by atoms with van der Waals surface area (Å²) in [6.45, 7) is 0.207. The van der Waals surface area contributed by atoms with Gasteiger partial charge in [-0.1, -0.05) is 41.6 Å². The molecule has 0 bridgehead atoms. The molecule has 0 saturated carbocycles. The first-order chi connectivity index (χ1) is 15.3. The molecule has 0 spiro atoms. The van der Waals surface area contributed by atoms with Crippen LogP contribution in [0.25, 0.3) is 22.2 Å². The number of rotatable bonds is 6. The number of benzene rings is 2. The van der Waals surface area contributed by atoms with Crippen molar-refractivity contribution in [3.8, 4) is 23.1 Å². The van der Waals surface area contributed by atoms with Gasteiger partial charge in [-0.25, -0.2) is 4.98 Å². The zero-order valence-electron chi connectivity index (χ0n) is 16.4. The van der Waals surface area contributed by atoms with Gasteiger partial charge < -0.3 is 19.6 Å². The van der Waals surface area contributed by atoms with Crippen LogP contribution in [0.15, 0.2) is 83.5 Å². The zero-order chi connectivity index (χ0) is 21.0. The van der Waals surface area contributed by atoms with Crippen molar-refractivity contribution in [3.63, 3.8) is 0 Å². The molecule has 5 rings (SSSR count). The average Bonchev–Trinajstić information content (AvgIpc) is 3.47. The van der Waals surface area contributed by atoms with Gasteiger partial charge in [0, 0.05) is 41.2 Å². The molecule has 7 heteroatoms. The lowest BCUT2D eigenvalue weighted by Crippen LogP contribution is -2.00. The highest BCUT2D eigenvalue weighted by atomic mass is 16.5. The summed E-state index contributed by atoms with van der Waals surface area (Å²) in [5.74, 6) is 1.71. The summed E-state index contributed by atoms with van der Waals surface area (Å²) in [6, 6.07) is 24.9. The van der Waals surface area contributed by atoms with E-state index in [0.717, 1.165) is 22.2 Å². The van der Waals surface area contributed by atoms with E-state index in [0.29, 0.717) is 23.0 Å². The van der Waals surface area contributed by atoms with Gasteiger partial charge in [0.25, 0.3) is 0 Å². The number of nitrogens with zero attached hydrogens (tertiary/aromatic N) is 3. The molecule has 0 radical (unpaired) electrons. The Morgan fingerprint density at radius 1 is 1.03 bits per heavy atom. The van der Waals surface area contributed by atoms with E-state index in [1.807, 2.05) is 66.9 Å². The molecule has 2 N–H and O–H groups in total. The molecule has 0 aliphatic heterocycles. The van der Waals surface area contributed by atoms with Crippen molar-refractivity contribution in [2.45, 2.75) is 6.61 Å². The van der Waals surface area contributed by atoms with Crippen molar-refractivity contribution in [1.29, 1.82) is 5.26 Å². The normalized spacial score (nSPS) is 10.7. The number of ether oxygens (including phenoxy) is 1. The molecule has 3 heterocycles. The van der Waals surface area contributed by atoms with E-state index in [2.05, 4.69) is 26.5 Å². The third-order valence-corrected chi connectivity index (χ3v) is 4.74. The van der Waals surface area contributed by atoms with Gasteiger partial charge in [0.1, 0.15) is 35.6 Å². The van der Waals surface area contributed by atoms with Gasteiger partial charge in [0.15, 0.2) is 5.76 Å². The Hall–Kier alpha value is -4.57. The highest BCUT2D eigenvalue weighted by molar-refractivity contribution is 5.83. The van der Waals surface area contributed by atoms with Crippen LogP contribution >= 0.6 is 0 Å². The van der Waals surface area contributed by atoms with Crippen LogP contribution in [0.5, 0.6) is 5.75 Å². The summed E-state index contributed by atoms with van der Waals surface area (Å²) in [6.07, 6.45) is 1.89. The minimum atomic E-state index is 0.207. The predicted octanol–water partition coefficient (Wildman–Crippen LogP) is 5.41. The van der Waals surface area contributed by atoms with Crippen LogP contribution < -0.4 is 10.1 Å². The molecule has 0 aliphatic rings. The number of aromatic nitrogens is 3.